The first-order valence-corrected chi connectivity index (χ1v) is 6.86. The van der Waals surface area contributed by atoms with Crippen molar-refractivity contribution in [3.05, 3.63) is 35.4 Å². The van der Waals surface area contributed by atoms with Crippen LogP contribution in [-0.4, -0.2) is 20.6 Å². The fraction of sp³-hybridized carbons (Fsp3) is 0.364. The molecule has 17 heavy (non-hydrogen) atoms. The summed E-state index contributed by atoms with van der Waals surface area (Å²) in [5, 5.41) is 2.66. The molecule has 1 rings (SSSR count). The summed E-state index contributed by atoms with van der Waals surface area (Å²) in [6.07, 6.45) is 1.00. The lowest BCUT2D eigenvalue weighted by molar-refractivity contribution is -0.119. The van der Waals surface area contributed by atoms with Gasteiger partial charge in [-0.15, -0.1) is 0 Å². The Morgan fingerprint density at radius 2 is 1.88 bits per heavy atom. The van der Waals surface area contributed by atoms with E-state index in [0.29, 0.717) is 6.54 Å². The molecule has 0 heterocycles. The number of benzene rings is 1. The van der Waals surface area contributed by atoms with E-state index in [-0.39, 0.29) is 12.5 Å². The number of amides is 1. The number of carbonyl (C=O) groups is 1. The minimum Gasteiger partial charge on any atom is -0.352 e. The van der Waals surface area contributed by atoms with E-state index in [1.54, 1.807) is 12.1 Å². The van der Waals surface area contributed by atoms with Crippen LogP contribution in [0.1, 0.15) is 18.1 Å². The highest BCUT2D eigenvalue weighted by molar-refractivity contribution is 7.85. The summed E-state index contributed by atoms with van der Waals surface area (Å²) in [5.74, 6) is -0.135. The normalized spacial score (nSPS) is 11.2. The van der Waals surface area contributed by atoms with Crippen molar-refractivity contribution >= 4 is 16.0 Å². The molecule has 0 fully saturated rings. The molecular weight excluding hydrogens is 242 g/mol. The van der Waals surface area contributed by atoms with Crippen LogP contribution in [0.15, 0.2) is 24.3 Å². The fourth-order valence-corrected chi connectivity index (χ4v) is 1.60. The SMILES string of the molecule is CC(=O)NCc1ccccc1COS(C)(=O)=O. The molecule has 0 saturated heterocycles. The summed E-state index contributed by atoms with van der Waals surface area (Å²) in [7, 11) is -3.46. The van der Waals surface area contributed by atoms with Crippen molar-refractivity contribution in [3.63, 3.8) is 0 Å². The molecule has 1 N–H and O–H groups in total. The Bertz CT molecular complexity index is 496. The smallest absolute Gasteiger partial charge is 0.264 e. The lowest BCUT2D eigenvalue weighted by atomic mass is 10.1. The quantitative estimate of drug-likeness (QED) is 0.792. The first-order valence-electron chi connectivity index (χ1n) is 5.04. The monoisotopic (exact) mass is 257 g/mol. The van der Waals surface area contributed by atoms with Crippen molar-refractivity contribution in [2.75, 3.05) is 6.26 Å². The Labute approximate surface area is 101 Å². The lowest BCUT2D eigenvalue weighted by Crippen LogP contribution is -2.20. The summed E-state index contributed by atoms with van der Waals surface area (Å²) < 4.78 is 26.5. The van der Waals surface area contributed by atoms with Crippen molar-refractivity contribution in [2.45, 2.75) is 20.1 Å². The van der Waals surface area contributed by atoms with Gasteiger partial charge in [-0.3, -0.25) is 8.98 Å². The molecule has 94 valence electrons. The van der Waals surface area contributed by atoms with Crippen LogP contribution in [0, 0.1) is 0 Å². The average molecular weight is 257 g/mol. The van der Waals surface area contributed by atoms with Gasteiger partial charge < -0.3 is 5.32 Å². The van der Waals surface area contributed by atoms with Crippen LogP contribution in [0.4, 0.5) is 0 Å². The number of carbonyl (C=O) groups excluding carboxylic acids is 1. The lowest BCUT2D eigenvalue weighted by Gasteiger charge is -2.09. The molecule has 0 radical (unpaired) electrons. The molecule has 0 aromatic heterocycles. The van der Waals surface area contributed by atoms with Gasteiger partial charge in [0, 0.05) is 13.5 Å². The van der Waals surface area contributed by atoms with Gasteiger partial charge >= 0.3 is 0 Å². The predicted octanol–water partition coefficient (Wildman–Crippen LogP) is 0.799. The number of rotatable bonds is 5. The molecule has 5 nitrogen and oxygen atoms in total. The zero-order valence-electron chi connectivity index (χ0n) is 9.76. The molecule has 1 amide bonds. The first-order chi connectivity index (χ1) is 7.88. The van der Waals surface area contributed by atoms with Gasteiger partial charge in [-0.2, -0.15) is 8.42 Å². The van der Waals surface area contributed by atoms with Crippen molar-refractivity contribution in [2.24, 2.45) is 0 Å². The van der Waals surface area contributed by atoms with Gasteiger partial charge in [0.05, 0.1) is 12.9 Å². The van der Waals surface area contributed by atoms with Crippen LogP contribution < -0.4 is 5.32 Å². The number of hydrogen-bond acceptors (Lipinski definition) is 4. The predicted molar refractivity (Wildman–Crippen MR) is 63.6 cm³/mol. The van der Waals surface area contributed by atoms with Crippen LogP contribution >= 0.6 is 0 Å². The molecule has 0 bridgehead atoms. The van der Waals surface area contributed by atoms with Crippen molar-refractivity contribution in [3.8, 4) is 0 Å². The molecule has 1 aromatic carbocycles. The van der Waals surface area contributed by atoms with Gasteiger partial charge in [-0.25, -0.2) is 0 Å². The van der Waals surface area contributed by atoms with Gasteiger partial charge in [-0.05, 0) is 11.1 Å². The van der Waals surface area contributed by atoms with Crippen LogP contribution in [-0.2, 0) is 32.2 Å². The molecule has 1 aromatic rings. The molecule has 0 spiro atoms. The Morgan fingerprint density at radius 3 is 2.41 bits per heavy atom. The largest absolute Gasteiger partial charge is 0.352 e. The maximum Gasteiger partial charge on any atom is 0.264 e. The van der Waals surface area contributed by atoms with Crippen LogP contribution in [0.25, 0.3) is 0 Å². The zero-order chi connectivity index (χ0) is 12.9. The van der Waals surface area contributed by atoms with E-state index in [0.717, 1.165) is 17.4 Å². The third kappa shape index (κ3) is 5.46. The highest BCUT2D eigenvalue weighted by Crippen LogP contribution is 2.11. The highest BCUT2D eigenvalue weighted by atomic mass is 32.2. The summed E-state index contributed by atoms with van der Waals surface area (Å²) in [4.78, 5) is 10.8. The minimum atomic E-state index is -3.46. The number of hydrogen-bond donors (Lipinski definition) is 1. The van der Waals surface area contributed by atoms with Crippen LogP contribution in [0.2, 0.25) is 0 Å². The Balaban J connectivity index is 2.74. The van der Waals surface area contributed by atoms with Crippen molar-refractivity contribution in [1.29, 1.82) is 0 Å². The van der Waals surface area contributed by atoms with Crippen LogP contribution in [0.3, 0.4) is 0 Å². The maximum atomic E-state index is 10.9. The minimum absolute atomic E-state index is 0.0193. The van der Waals surface area contributed by atoms with Gasteiger partial charge in [-0.1, -0.05) is 24.3 Å². The summed E-state index contributed by atoms with van der Waals surface area (Å²) in [5.41, 5.74) is 1.58. The average Bonchev–Trinajstić information content (AvgIpc) is 2.23. The second-order valence-electron chi connectivity index (χ2n) is 3.64. The molecule has 0 unspecified atom stereocenters. The second-order valence-corrected chi connectivity index (χ2v) is 5.29. The van der Waals surface area contributed by atoms with Gasteiger partial charge in [0.25, 0.3) is 10.1 Å². The molecule has 0 aliphatic heterocycles. The molecule has 0 aliphatic carbocycles. The highest BCUT2D eigenvalue weighted by Gasteiger charge is 2.06. The molecule has 0 aliphatic rings. The first kappa shape index (κ1) is 13.7. The molecule has 6 heteroatoms. The van der Waals surface area contributed by atoms with Crippen molar-refractivity contribution in [1.82, 2.24) is 5.32 Å². The summed E-state index contributed by atoms with van der Waals surface area (Å²) >= 11 is 0. The van der Waals surface area contributed by atoms with E-state index >= 15 is 0 Å². The van der Waals surface area contributed by atoms with E-state index in [1.165, 1.54) is 6.92 Å². The summed E-state index contributed by atoms with van der Waals surface area (Å²) in [6, 6.07) is 7.19. The fourth-order valence-electron chi connectivity index (χ4n) is 1.26. The molecule has 0 saturated carbocycles. The van der Waals surface area contributed by atoms with E-state index in [4.69, 9.17) is 4.18 Å². The molecular formula is C11H15NO4S. The van der Waals surface area contributed by atoms with E-state index in [1.807, 2.05) is 12.1 Å². The second kappa shape index (κ2) is 5.79. The van der Waals surface area contributed by atoms with E-state index in [9.17, 15) is 13.2 Å². The Morgan fingerprint density at radius 1 is 1.29 bits per heavy atom. The topological polar surface area (TPSA) is 72.5 Å². The van der Waals surface area contributed by atoms with E-state index < -0.39 is 10.1 Å². The van der Waals surface area contributed by atoms with Gasteiger partial charge in [0.1, 0.15) is 0 Å². The summed E-state index contributed by atoms with van der Waals surface area (Å²) in [6.45, 7) is 1.77. The standard InChI is InChI=1S/C11H15NO4S/c1-9(13)12-7-10-5-3-4-6-11(10)8-16-17(2,14)15/h3-6H,7-8H2,1-2H3,(H,12,13). The maximum absolute atomic E-state index is 10.9. The third-order valence-electron chi connectivity index (χ3n) is 2.07. The number of nitrogens with one attached hydrogen (secondary N) is 1. The zero-order valence-corrected chi connectivity index (χ0v) is 10.6. The Hall–Kier alpha value is -1.40. The van der Waals surface area contributed by atoms with Gasteiger partial charge in [0.2, 0.25) is 5.91 Å². The van der Waals surface area contributed by atoms with Crippen molar-refractivity contribution < 1.29 is 17.4 Å². The molecule has 0 atom stereocenters. The van der Waals surface area contributed by atoms with Gasteiger partial charge in [0.15, 0.2) is 0 Å². The van der Waals surface area contributed by atoms with E-state index in [2.05, 4.69) is 5.32 Å². The van der Waals surface area contributed by atoms with Crippen LogP contribution in [0.5, 0.6) is 0 Å². The third-order valence-corrected chi connectivity index (χ3v) is 2.62. The Kier molecular flexibility index (Phi) is 4.65.